The number of hydrogen-bond acceptors (Lipinski definition) is 5. The summed E-state index contributed by atoms with van der Waals surface area (Å²) in [4.78, 5) is 14.8. The van der Waals surface area contributed by atoms with E-state index in [2.05, 4.69) is 5.16 Å². The molecule has 22 heavy (non-hydrogen) atoms. The first-order valence-electron chi connectivity index (χ1n) is 8.12. The highest BCUT2D eigenvalue weighted by atomic mass is 32.2. The Kier molecular flexibility index (Phi) is 5.08. The van der Waals surface area contributed by atoms with E-state index in [-0.39, 0.29) is 24.0 Å². The molecule has 1 aromatic rings. The number of rotatable bonds is 5. The molecule has 6 heteroatoms. The fourth-order valence-electron chi connectivity index (χ4n) is 2.98. The van der Waals surface area contributed by atoms with E-state index in [1.807, 2.05) is 30.5 Å². The third-order valence-corrected chi connectivity index (χ3v) is 5.51. The maximum absolute atomic E-state index is 12.9. The molecule has 5 nitrogen and oxygen atoms in total. The SMILES string of the molecule is CC(C)c1cc(C(=O)N(CC2CCCO2)C2CCSC2)on1. The predicted molar refractivity (Wildman–Crippen MR) is 86.3 cm³/mol. The lowest BCUT2D eigenvalue weighted by Crippen LogP contribution is -2.44. The molecule has 3 rings (SSSR count). The Balaban J connectivity index is 1.75. The zero-order valence-electron chi connectivity index (χ0n) is 13.3. The number of thioether (sulfide) groups is 1. The van der Waals surface area contributed by atoms with Crippen LogP contribution in [0.4, 0.5) is 0 Å². The molecule has 0 radical (unpaired) electrons. The first-order valence-corrected chi connectivity index (χ1v) is 9.27. The highest BCUT2D eigenvalue weighted by Crippen LogP contribution is 2.26. The molecule has 0 N–H and O–H groups in total. The Hall–Kier alpha value is -1.01. The second-order valence-corrected chi connectivity index (χ2v) is 7.53. The number of ether oxygens (including phenoxy) is 1. The molecule has 3 heterocycles. The average molecular weight is 324 g/mol. The molecule has 2 aliphatic heterocycles. The minimum absolute atomic E-state index is 0.0394. The zero-order chi connectivity index (χ0) is 15.5. The minimum Gasteiger partial charge on any atom is -0.376 e. The van der Waals surface area contributed by atoms with Crippen molar-refractivity contribution in [3.63, 3.8) is 0 Å². The smallest absolute Gasteiger partial charge is 0.292 e. The van der Waals surface area contributed by atoms with Gasteiger partial charge >= 0.3 is 0 Å². The fraction of sp³-hybridized carbons (Fsp3) is 0.750. The van der Waals surface area contributed by atoms with Crippen LogP contribution in [0.1, 0.15) is 55.3 Å². The summed E-state index contributed by atoms with van der Waals surface area (Å²) < 4.78 is 11.0. The number of carbonyl (C=O) groups excluding carboxylic acids is 1. The van der Waals surface area contributed by atoms with Crippen molar-refractivity contribution in [2.75, 3.05) is 24.7 Å². The van der Waals surface area contributed by atoms with Crippen molar-refractivity contribution in [1.29, 1.82) is 0 Å². The van der Waals surface area contributed by atoms with E-state index in [0.29, 0.717) is 12.3 Å². The molecule has 0 aromatic carbocycles. The van der Waals surface area contributed by atoms with E-state index < -0.39 is 0 Å². The molecule has 2 aliphatic rings. The summed E-state index contributed by atoms with van der Waals surface area (Å²) in [7, 11) is 0. The van der Waals surface area contributed by atoms with Gasteiger partial charge in [-0.3, -0.25) is 4.79 Å². The molecule has 0 saturated carbocycles. The van der Waals surface area contributed by atoms with Gasteiger partial charge in [-0.2, -0.15) is 11.8 Å². The van der Waals surface area contributed by atoms with Crippen LogP contribution in [0.25, 0.3) is 0 Å². The van der Waals surface area contributed by atoms with Crippen molar-refractivity contribution in [2.45, 2.75) is 51.2 Å². The van der Waals surface area contributed by atoms with Gasteiger partial charge in [0, 0.05) is 31.0 Å². The van der Waals surface area contributed by atoms with Gasteiger partial charge in [-0.25, -0.2) is 0 Å². The molecule has 2 atom stereocenters. The first-order chi connectivity index (χ1) is 10.6. The summed E-state index contributed by atoms with van der Waals surface area (Å²) in [5.41, 5.74) is 0.834. The van der Waals surface area contributed by atoms with Crippen molar-refractivity contribution >= 4 is 17.7 Å². The van der Waals surface area contributed by atoms with Crippen molar-refractivity contribution in [2.24, 2.45) is 0 Å². The zero-order valence-corrected chi connectivity index (χ0v) is 14.1. The van der Waals surface area contributed by atoms with Crippen LogP contribution >= 0.6 is 11.8 Å². The topological polar surface area (TPSA) is 55.6 Å². The van der Waals surface area contributed by atoms with Gasteiger partial charge in [-0.1, -0.05) is 19.0 Å². The molecule has 1 aromatic heterocycles. The van der Waals surface area contributed by atoms with Gasteiger partial charge in [0.2, 0.25) is 5.76 Å². The van der Waals surface area contributed by atoms with Gasteiger partial charge in [0.1, 0.15) is 0 Å². The largest absolute Gasteiger partial charge is 0.376 e. The molecule has 1 amide bonds. The van der Waals surface area contributed by atoms with Crippen molar-refractivity contribution < 1.29 is 14.1 Å². The number of carbonyl (C=O) groups is 1. The highest BCUT2D eigenvalue weighted by Gasteiger charge is 2.33. The second-order valence-electron chi connectivity index (χ2n) is 6.38. The molecule has 2 fully saturated rings. The summed E-state index contributed by atoms with van der Waals surface area (Å²) in [6.45, 7) is 5.57. The Labute approximate surface area is 135 Å². The molecule has 0 bridgehead atoms. The van der Waals surface area contributed by atoms with E-state index in [0.717, 1.165) is 43.1 Å². The third-order valence-electron chi connectivity index (χ3n) is 4.36. The fourth-order valence-corrected chi connectivity index (χ4v) is 4.20. The summed E-state index contributed by atoms with van der Waals surface area (Å²) in [6, 6.07) is 2.08. The van der Waals surface area contributed by atoms with Crippen LogP contribution in [-0.4, -0.2) is 52.8 Å². The molecule has 2 saturated heterocycles. The normalized spacial score (nSPS) is 25.0. The lowest BCUT2D eigenvalue weighted by Gasteiger charge is -2.29. The van der Waals surface area contributed by atoms with Crippen molar-refractivity contribution in [1.82, 2.24) is 10.1 Å². The van der Waals surface area contributed by atoms with E-state index in [1.54, 1.807) is 6.07 Å². The van der Waals surface area contributed by atoms with E-state index in [4.69, 9.17) is 9.26 Å². The Morgan fingerprint density at radius 1 is 1.50 bits per heavy atom. The number of nitrogens with zero attached hydrogens (tertiary/aromatic N) is 2. The highest BCUT2D eigenvalue weighted by molar-refractivity contribution is 7.99. The number of hydrogen-bond donors (Lipinski definition) is 0. The van der Waals surface area contributed by atoms with E-state index in [9.17, 15) is 4.79 Å². The van der Waals surface area contributed by atoms with Crippen LogP contribution in [-0.2, 0) is 4.74 Å². The van der Waals surface area contributed by atoms with Crippen molar-refractivity contribution in [3.8, 4) is 0 Å². The van der Waals surface area contributed by atoms with Crippen LogP contribution in [0, 0.1) is 0 Å². The van der Waals surface area contributed by atoms with Gasteiger partial charge in [-0.15, -0.1) is 0 Å². The van der Waals surface area contributed by atoms with E-state index >= 15 is 0 Å². The summed E-state index contributed by atoms with van der Waals surface area (Å²) >= 11 is 1.91. The van der Waals surface area contributed by atoms with Gasteiger partial charge < -0.3 is 14.2 Å². The third kappa shape index (κ3) is 3.49. The number of amides is 1. The quantitative estimate of drug-likeness (QED) is 0.833. The van der Waals surface area contributed by atoms with Gasteiger partial charge in [0.25, 0.3) is 5.91 Å². The average Bonchev–Trinajstić information content (AvgIpc) is 3.24. The molecule has 122 valence electrons. The molecular formula is C16H24N2O3S. The van der Waals surface area contributed by atoms with Crippen LogP contribution in [0.5, 0.6) is 0 Å². The lowest BCUT2D eigenvalue weighted by atomic mass is 10.1. The Bertz CT molecular complexity index is 505. The lowest BCUT2D eigenvalue weighted by molar-refractivity contribution is 0.0412. The van der Waals surface area contributed by atoms with Crippen LogP contribution in [0.3, 0.4) is 0 Å². The summed E-state index contributed by atoms with van der Waals surface area (Å²) in [5.74, 6) is 2.71. The predicted octanol–water partition coefficient (Wildman–Crippen LogP) is 2.92. The van der Waals surface area contributed by atoms with Crippen LogP contribution < -0.4 is 0 Å². The standard InChI is InChI=1S/C16H24N2O3S/c1-11(2)14-8-15(21-17-14)16(19)18(12-5-7-22-10-12)9-13-4-3-6-20-13/h8,11-13H,3-7,9-10H2,1-2H3. The Morgan fingerprint density at radius 2 is 2.36 bits per heavy atom. The second kappa shape index (κ2) is 7.04. The van der Waals surface area contributed by atoms with Crippen LogP contribution in [0.15, 0.2) is 10.6 Å². The maximum atomic E-state index is 12.9. The summed E-state index contributed by atoms with van der Waals surface area (Å²) in [5, 5.41) is 4.02. The molecule has 0 spiro atoms. The summed E-state index contributed by atoms with van der Waals surface area (Å²) in [6.07, 6.45) is 3.35. The minimum atomic E-state index is -0.0394. The van der Waals surface area contributed by atoms with Crippen LogP contribution in [0.2, 0.25) is 0 Å². The molecule has 2 unspecified atom stereocenters. The monoisotopic (exact) mass is 324 g/mol. The van der Waals surface area contributed by atoms with Gasteiger partial charge in [0.05, 0.1) is 11.8 Å². The number of aromatic nitrogens is 1. The maximum Gasteiger partial charge on any atom is 0.292 e. The van der Waals surface area contributed by atoms with Gasteiger partial charge in [-0.05, 0) is 30.9 Å². The molecule has 0 aliphatic carbocycles. The first kappa shape index (κ1) is 15.9. The molecular weight excluding hydrogens is 300 g/mol. The van der Waals surface area contributed by atoms with E-state index in [1.165, 1.54) is 0 Å². The van der Waals surface area contributed by atoms with Crippen molar-refractivity contribution in [3.05, 3.63) is 17.5 Å². The Morgan fingerprint density at radius 3 is 2.95 bits per heavy atom. The van der Waals surface area contributed by atoms with Gasteiger partial charge in [0.15, 0.2) is 0 Å².